The lowest BCUT2D eigenvalue weighted by Gasteiger charge is -2.27. The molecule has 2 aromatic carbocycles. The third-order valence-electron chi connectivity index (χ3n) is 3.93. The molecule has 5 nitrogen and oxygen atoms in total. The Kier molecular flexibility index (Phi) is 4.10. The summed E-state index contributed by atoms with van der Waals surface area (Å²) in [4.78, 5) is 12.0. The van der Waals surface area contributed by atoms with Crippen molar-refractivity contribution in [2.45, 2.75) is 12.5 Å². The fourth-order valence-electron chi connectivity index (χ4n) is 2.75. The SMILES string of the molecule is COc1ccc([C@@H]2OC(=O)Cc3cc(OC)c(OC)cc32)cc1. The van der Waals surface area contributed by atoms with Gasteiger partial charge in [0.2, 0.25) is 0 Å². The summed E-state index contributed by atoms with van der Waals surface area (Å²) in [5.41, 5.74) is 2.68. The van der Waals surface area contributed by atoms with Crippen molar-refractivity contribution < 1.29 is 23.7 Å². The molecule has 0 saturated carbocycles. The number of fused-ring (bicyclic) bond motifs is 1. The van der Waals surface area contributed by atoms with E-state index in [9.17, 15) is 4.79 Å². The van der Waals surface area contributed by atoms with Crippen molar-refractivity contribution >= 4 is 5.97 Å². The van der Waals surface area contributed by atoms with Gasteiger partial charge >= 0.3 is 5.97 Å². The molecule has 0 N–H and O–H groups in total. The number of hydrogen-bond acceptors (Lipinski definition) is 5. The van der Waals surface area contributed by atoms with Gasteiger partial charge in [-0.05, 0) is 35.4 Å². The van der Waals surface area contributed by atoms with Crippen molar-refractivity contribution in [3.8, 4) is 17.2 Å². The molecule has 0 radical (unpaired) electrons. The molecule has 1 aliphatic heterocycles. The molecule has 1 heterocycles. The summed E-state index contributed by atoms with van der Waals surface area (Å²) in [6, 6.07) is 11.2. The first-order chi connectivity index (χ1) is 11.2. The maximum absolute atomic E-state index is 12.0. The Balaban J connectivity index is 2.07. The molecule has 5 heteroatoms. The molecule has 1 atom stereocenters. The highest BCUT2D eigenvalue weighted by atomic mass is 16.5. The largest absolute Gasteiger partial charge is 0.497 e. The quantitative estimate of drug-likeness (QED) is 0.812. The van der Waals surface area contributed by atoms with Crippen LogP contribution in [0.15, 0.2) is 36.4 Å². The Morgan fingerprint density at radius 1 is 0.957 bits per heavy atom. The summed E-state index contributed by atoms with van der Waals surface area (Å²) in [6.45, 7) is 0. The monoisotopic (exact) mass is 314 g/mol. The normalized spacial score (nSPS) is 16.3. The molecule has 120 valence electrons. The minimum Gasteiger partial charge on any atom is -0.497 e. The lowest BCUT2D eigenvalue weighted by Crippen LogP contribution is -2.22. The number of methoxy groups -OCH3 is 3. The zero-order valence-corrected chi connectivity index (χ0v) is 13.3. The zero-order valence-electron chi connectivity index (χ0n) is 13.3. The van der Waals surface area contributed by atoms with E-state index in [0.29, 0.717) is 11.5 Å². The predicted molar refractivity (Wildman–Crippen MR) is 84.2 cm³/mol. The van der Waals surface area contributed by atoms with Crippen LogP contribution in [0.2, 0.25) is 0 Å². The average molecular weight is 314 g/mol. The maximum Gasteiger partial charge on any atom is 0.311 e. The van der Waals surface area contributed by atoms with Crippen molar-refractivity contribution in [1.29, 1.82) is 0 Å². The average Bonchev–Trinajstić information content (AvgIpc) is 2.59. The van der Waals surface area contributed by atoms with E-state index in [1.807, 2.05) is 36.4 Å². The number of esters is 1. The van der Waals surface area contributed by atoms with Gasteiger partial charge in [-0.1, -0.05) is 12.1 Å². The number of benzene rings is 2. The second-order valence-corrected chi connectivity index (χ2v) is 5.23. The van der Waals surface area contributed by atoms with Crippen molar-refractivity contribution in [3.63, 3.8) is 0 Å². The summed E-state index contributed by atoms with van der Waals surface area (Å²) in [7, 11) is 4.77. The highest BCUT2D eigenvalue weighted by molar-refractivity contribution is 5.77. The molecule has 0 aromatic heterocycles. The van der Waals surface area contributed by atoms with Crippen LogP contribution in [-0.4, -0.2) is 27.3 Å². The minimum absolute atomic E-state index is 0.225. The van der Waals surface area contributed by atoms with E-state index in [1.54, 1.807) is 21.3 Å². The first-order valence-electron chi connectivity index (χ1n) is 7.24. The summed E-state index contributed by atoms with van der Waals surface area (Å²) in [5.74, 6) is 1.71. The smallest absolute Gasteiger partial charge is 0.311 e. The molecule has 2 aromatic rings. The number of hydrogen-bond donors (Lipinski definition) is 0. The van der Waals surface area contributed by atoms with E-state index in [2.05, 4.69) is 0 Å². The maximum atomic E-state index is 12.0. The molecular formula is C18H18O5. The second kappa shape index (κ2) is 6.20. The van der Waals surface area contributed by atoms with Crippen molar-refractivity contribution in [2.24, 2.45) is 0 Å². The summed E-state index contributed by atoms with van der Waals surface area (Å²) >= 11 is 0. The van der Waals surface area contributed by atoms with Crippen LogP contribution in [0.4, 0.5) is 0 Å². The highest BCUT2D eigenvalue weighted by Crippen LogP contribution is 2.40. The molecule has 0 fully saturated rings. The molecule has 3 rings (SSSR count). The van der Waals surface area contributed by atoms with E-state index in [-0.39, 0.29) is 12.4 Å². The Labute approximate surface area is 134 Å². The van der Waals surface area contributed by atoms with Crippen LogP contribution >= 0.6 is 0 Å². The van der Waals surface area contributed by atoms with Crippen LogP contribution in [0, 0.1) is 0 Å². The Hall–Kier alpha value is -2.69. The number of ether oxygens (including phenoxy) is 4. The van der Waals surface area contributed by atoms with Gasteiger partial charge < -0.3 is 18.9 Å². The van der Waals surface area contributed by atoms with Gasteiger partial charge in [-0.25, -0.2) is 0 Å². The van der Waals surface area contributed by atoms with Gasteiger partial charge in [-0.15, -0.1) is 0 Å². The van der Waals surface area contributed by atoms with Gasteiger partial charge in [-0.3, -0.25) is 4.79 Å². The Bertz CT molecular complexity index is 721. The van der Waals surface area contributed by atoms with Gasteiger partial charge in [0.05, 0.1) is 27.8 Å². The van der Waals surface area contributed by atoms with Crippen molar-refractivity contribution in [2.75, 3.05) is 21.3 Å². The number of carbonyl (C=O) groups excluding carboxylic acids is 1. The molecule has 1 aliphatic rings. The predicted octanol–water partition coefficient (Wildman–Crippen LogP) is 2.90. The number of rotatable bonds is 4. The van der Waals surface area contributed by atoms with Crippen molar-refractivity contribution in [1.82, 2.24) is 0 Å². The highest BCUT2D eigenvalue weighted by Gasteiger charge is 2.29. The van der Waals surface area contributed by atoms with Crippen LogP contribution in [0.25, 0.3) is 0 Å². The Morgan fingerprint density at radius 3 is 2.22 bits per heavy atom. The van der Waals surface area contributed by atoms with Crippen LogP contribution < -0.4 is 14.2 Å². The third-order valence-corrected chi connectivity index (χ3v) is 3.93. The van der Waals surface area contributed by atoms with Gasteiger partial charge in [0.15, 0.2) is 17.6 Å². The summed E-state index contributed by atoms with van der Waals surface area (Å²) in [6.07, 6.45) is -0.237. The molecule has 0 saturated heterocycles. The lowest BCUT2D eigenvalue weighted by molar-refractivity contribution is -0.148. The molecule has 0 amide bonds. The topological polar surface area (TPSA) is 54.0 Å². The fourth-order valence-corrected chi connectivity index (χ4v) is 2.75. The molecule has 23 heavy (non-hydrogen) atoms. The summed E-state index contributed by atoms with van der Waals surface area (Å²) in [5, 5.41) is 0. The fraction of sp³-hybridized carbons (Fsp3) is 0.278. The summed E-state index contributed by atoms with van der Waals surface area (Å²) < 4.78 is 21.4. The van der Waals surface area contributed by atoms with E-state index in [0.717, 1.165) is 22.4 Å². The molecule has 0 bridgehead atoms. The van der Waals surface area contributed by atoms with Gasteiger partial charge in [0.25, 0.3) is 0 Å². The van der Waals surface area contributed by atoms with E-state index in [4.69, 9.17) is 18.9 Å². The van der Waals surface area contributed by atoms with Gasteiger partial charge in [0.1, 0.15) is 5.75 Å². The molecule has 0 aliphatic carbocycles. The van der Waals surface area contributed by atoms with Gasteiger partial charge in [0, 0.05) is 5.56 Å². The van der Waals surface area contributed by atoms with E-state index >= 15 is 0 Å². The third kappa shape index (κ3) is 2.82. The van der Waals surface area contributed by atoms with Crippen LogP contribution in [0.5, 0.6) is 17.2 Å². The van der Waals surface area contributed by atoms with E-state index < -0.39 is 6.10 Å². The molecule has 0 spiro atoms. The minimum atomic E-state index is -0.461. The van der Waals surface area contributed by atoms with E-state index in [1.165, 1.54) is 0 Å². The molecular weight excluding hydrogens is 296 g/mol. The number of cyclic esters (lactones) is 1. The lowest BCUT2D eigenvalue weighted by atomic mass is 9.92. The van der Waals surface area contributed by atoms with Crippen LogP contribution in [0.3, 0.4) is 0 Å². The zero-order chi connectivity index (χ0) is 16.4. The van der Waals surface area contributed by atoms with Crippen LogP contribution in [0.1, 0.15) is 22.8 Å². The standard InChI is InChI=1S/C18H18O5/c1-20-13-6-4-11(5-7-13)18-14-10-16(22-3)15(21-2)8-12(14)9-17(19)23-18/h4-8,10,18H,9H2,1-3H3/t18-/m0/s1. The van der Waals surface area contributed by atoms with Gasteiger partial charge in [-0.2, -0.15) is 0 Å². The van der Waals surface area contributed by atoms with Crippen molar-refractivity contribution in [3.05, 3.63) is 53.1 Å². The number of carbonyl (C=O) groups is 1. The second-order valence-electron chi connectivity index (χ2n) is 5.23. The molecule has 0 unspecified atom stereocenters. The van der Waals surface area contributed by atoms with Crippen LogP contribution in [-0.2, 0) is 16.0 Å². The first-order valence-corrected chi connectivity index (χ1v) is 7.24. The Morgan fingerprint density at radius 2 is 1.61 bits per heavy atom. The first kappa shape index (κ1) is 15.2.